The molecular weight excluding hydrogens is 344 g/mol. The lowest BCUT2D eigenvalue weighted by atomic mass is 10.1. The minimum absolute atomic E-state index is 0.0686. The molecule has 26 heavy (non-hydrogen) atoms. The third-order valence-electron chi connectivity index (χ3n) is 4.28. The first-order valence-corrected chi connectivity index (χ1v) is 9.89. The zero-order valence-electron chi connectivity index (χ0n) is 15.2. The molecule has 0 bridgehead atoms. The summed E-state index contributed by atoms with van der Waals surface area (Å²) >= 11 is 1.67. The van der Waals surface area contributed by atoms with E-state index in [9.17, 15) is 9.59 Å². The quantitative estimate of drug-likeness (QED) is 0.780. The number of amides is 2. The Kier molecular flexibility index (Phi) is 5.99. The third-order valence-corrected chi connectivity index (χ3v) is 5.36. The highest BCUT2D eigenvalue weighted by Crippen LogP contribution is 2.27. The van der Waals surface area contributed by atoms with Crippen LogP contribution in [-0.4, -0.2) is 35.1 Å². The number of anilines is 1. The third kappa shape index (κ3) is 4.47. The fourth-order valence-electron chi connectivity index (χ4n) is 3.01. The number of rotatable bonds is 5. The molecule has 1 fully saturated rings. The summed E-state index contributed by atoms with van der Waals surface area (Å²) in [5, 5.41) is 3.33. The van der Waals surface area contributed by atoms with E-state index < -0.39 is 0 Å². The van der Waals surface area contributed by atoms with Crippen molar-refractivity contribution >= 4 is 29.3 Å². The van der Waals surface area contributed by atoms with Crippen molar-refractivity contribution in [3.05, 3.63) is 59.7 Å². The zero-order chi connectivity index (χ0) is 18.5. The molecule has 3 rings (SSSR count). The molecule has 5 heteroatoms. The standard InChI is InChI=1S/C21H24N2O2S/c1-15(2)26-19-8-4-3-7-18(19)20(24)22-17-11-9-16(10-12-17)21(25)23-13-5-6-14-23/h3-4,7-12,15H,5-6,13-14H2,1-2H3,(H,22,24). The largest absolute Gasteiger partial charge is 0.339 e. The van der Waals surface area contributed by atoms with Gasteiger partial charge in [0.15, 0.2) is 0 Å². The highest BCUT2D eigenvalue weighted by molar-refractivity contribution is 8.00. The Morgan fingerprint density at radius 3 is 2.31 bits per heavy atom. The molecule has 136 valence electrons. The van der Waals surface area contributed by atoms with Crippen molar-refractivity contribution in [1.29, 1.82) is 0 Å². The van der Waals surface area contributed by atoms with Gasteiger partial charge in [0.05, 0.1) is 5.56 Å². The summed E-state index contributed by atoms with van der Waals surface area (Å²) in [6.45, 7) is 5.88. The Bertz CT molecular complexity index is 781. The van der Waals surface area contributed by atoms with Gasteiger partial charge in [-0.05, 0) is 49.2 Å². The molecule has 0 radical (unpaired) electrons. The molecule has 0 saturated carbocycles. The molecule has 1 saturated heterocycles. The molecule has 1 aliphatic heterocycles. The SMILES string of the molecule is CC(C)Sc1ccccc1C(=O)Nc1ccc(C(=O)N2CCCC2)cc1. The minimum atomic E-state index is -0.132. The molecule has 0 atom stereocenters. The van der Waals surface area contributed by atoms with Crippen LogP contribution in [0.4, 0.5) is 5.69 Å². The van der Waals surface area contributed by atoms with E-state index in [1.54, 1.807) is 36.0 Å². The van der Waals surface area contributed by atoms with Crippen LogP contribution in [0.15, 0.2) is 53.4 Å². The fraction of sp³-hybridized carbons (Fsp3) is 0.333. The van der Waals surface area contributed by atoms with Gasteiger partial charge in [-0.2, -0.15) is 0 Å². The highest BCUT2D eigenvalue weighted by atomic mass is 32.2. The summed E-state index contributed by atoms with van der Waals surface area (Å²) in [5.74, 6) is -0.0635. The van der Waals surface area contributed by atoms with E-state index >= 15 is 0 Å². The Labute approximate surface area is 159 Å². The van der Waals surface area contributed by atoms with Crippen LogP contribution < -0.4 is 5.32 Å². The maximum Gasteiger partial charge on any atom is 0.256 e. The number of hydrogen-bond donors (Lipinski definition) is 1. The van der Waals surface area contributed by atoms with Crippen molar-refractivity contribution in [2.75, 3.05) is 18.4 Å². The lowest BCUT2D eigenvalue weighted by molar-refractivity contribution is 0.0792. The van der Waals surface area contributed by atoms with Gasteiger partial charge in [-0.3, -0.25) is 9.59 Å². The van der Waals surface area contributed by atoms with Gasteiger partial charge in [0.1, 0.15) is 0 Å². The van der Waals surface area contributed by atoms with Crippen LogP contribution in [0.3, 0.4) is 0 Å². The zero-order valence-corrected chi connectivity index (χ0v) is 16.0. The predicted octanol–water partition coefficient (Wildman–Crippen LogP) is 4.68. The number of thioether (sulfide) groups is 1. The predicted molar refractivity (Wildman–Crippen MR) is 107 cm³/mol. The van der Waals surface area contributed by atoms with Gasteiger partial charge < -0.3 is 10.2 Å². The average molecular weight is 369 g/mol. The van der Waals surface area contributed by atoms with Crippen LogP contribution in [-0.2, 0) is 0 Å². The van der Waals surface area contributed by atoms with Crippen LogP contribution in [0.5, 0.6) is 0 Å². The smallest absolute Gasteiger partial charge is 0.256 e. The van der Waals surface area contributed by atoms with Crippen molar-refractivity contribution < 1.29 is 9.59 Å². The summed E-state index contributed by atoms with van der Waals surface area (Å²) in [5.41, 5.74) is 2.03. The van der Waals surface area contributed by atoms with Crippen LogP contribution in [0.25, 0.3) is 0 Å². The van der Waals surface area contributed by atoms with Crippen molar-refractivity contribution in [3.63, 3.8) is 0 Å². The van der Waals surface area contributed by atoms with Crippen LogP contribution >= 0.6 is 11.8 Å². The van der Waals surface area contributed by atoms with Gasteiger partial charge in [-0.1, -0.05) is 26.0 Å². The average Bonchev–Trinajstić information content (AvgIpc) is 3.16. The monoisotopic (exact) mass is 368 g/mol. The van der Waals surface area contributed by atoms with Gasteiger partial charge in [0.2, 0.25) is 0 Å². The van der Waals surface area contributed by atoms with E-state index in [0.717, 1.165) is 30.8 Å². The summed E-state index contributed by atoms with van der Waals surface area (Å²) in [4.78, 5) is 27.9. The first-order chi connectivity index (χ1) is 12.5. The molecule has 0 aliphatic carbocycles. The van der Waals surface area contributed by atoms with Gasteiger partial charge >= 0.3 is 0 Å². The summed E-state index contributed by atoms with van der Waals surface area (Å²) in [6, 6.07) is 14.8. The number of nitrogens with zero attached hydrogens (tertiary/aromatic N) is 1. The topological polar surface area (TPSA) is 49.4 Å². The summed E-state index contributed by atoms with van der Waals surface area (Å²) in [6.07, 6.45) is 2.15. The highest BCUT2D eigenvalue weighted by Gasteiger charge is 2.19. The second-order valence-corrected chi connectivity index (χ2v) is 8.31. The number of benzene rings is 2. The summed E-state index contributed by atoms with van der Waals surface area (Å²) < 4.78 is 0. The molecule has 2 amide bonds. The van der Waals surface area contributed by atoms with Crippen LogP contribution in [0, 0.1) is 0 Å². The van der Waals surface area contributed by atoms with E-state index in [1.807, 2.05) is 29.2 Å². The molecule has 2 aromatic carbocycles. The van der Waals surface area contributed by atoms with Crippen molar-refractivity contribution in [2.45, 2.75) is 36.8 Å². The molecule has 1 N–H and O–H groups in total. The maximum atomic E-state index is 12.6. The van der Waals surface area contributed by atoms with Gasteiger partial charge in [-0.25, -0.2) is 0 Å². The van der Waals surface area contributed by atoms with E-state index in [-0.39, 0.29) is 11.8 Å². The fourth-order valence-corrected chi connectivity index (χ4v) is 3.96. The lowest BCUT2D eigenvalue weighted by Gasteiger charge is -2.15. The molecule has 1 aliphatic rings. The molecule has 0 unspecified atom stereocenters. The maximum absolute atomic E-state index is 12.6. The number of carbonyl (C=O) groups excluding carboxylic acids is 2. The lowest BCUT2D eigenvalue weighted by Crippen LogP contribution is -2.27. The Hall–Kier alpha value is -2.27. The number of likely N-dealkylation sites (tertiary alicyclic amines) is 1. The van der Waals surface area contributed by atoms with Crippen molar-refractivity contribution in [3.8, 4) is 0 Å². The van der Waals surface area contributed by atoms with E-state index in [4.69, 9.17) is 0 Å². The number of carbonyl (C=O) groups is 2. The Morgan fingerprint density at radius 2 is 1.65 bits per heavy atom. The first-order valence-electron chi connectivity index (χ1n) is 9.01. The molecule has 0 aromatic heterocycles. The summed E-state index contributed by atoms with van der Waals surface area (Å²) in [7, 11) is 0. The van der Waals surface area contributed by atoms with E-state index in [2.05, 4.69) is 19.2 Å². The molecular formula is C21H24N2O2S. The normalized spacial score (nSPS) is 13.9. The molecule has 4 nitrogen and oxygen atoms in total. The van der Waals surface area contributed by atoms with E-state index in [0.29, 0.717) is 22.1 Å². The van der Waals surface area contributed by atoms with E-state index in [1.165, 1.54) is 0 Å². The van der Waals surface area contributed by atoms with Crippen LogP contribution in [0.2, 0.25) is 0 Å². The van der Waals surface area contributed by atoms with Gasteiger partial charge in [0, 0.05) is 34.5 Å². The number of hydrogen-bond acceptors (Lipinski definition) is 3. The Morgan fingerprint density at radius 1 is 1.00 bits per heavy atom. The van der Waals surface area contributed by atoms with Crippen molar-refractivity contribution in [1.82, 2.24) is 4.90 Å². The van der Waals surface area contributed by atoms with Gasteiger partial charge in [0.25, 0.3) is 11.8 Å². The molecule has 1 heterocycles. The second kappa shape index (κ2) is 8.41. The number of nitrogens with one attached hydrogen (secondary N) is 1. The van der Waals surface area contributed by atoms with Crippen molar-refractivity contribution in [2.24, 2.45) is 0 Å². The minimum Gasteiger partial charge on any atom is -0.339 e. The molecule has 2 aromatic rings. The van der Waals surface area contributed by atoms with Gasteiger partial charge in [-0.15, -0.1) is 11.8 Å². The first kappa shape index (κ1) is 18.5. The van der Waals surface area contributed by atoms with Crippen LogP contribution in [0.1, 0.15) is 47.4 Å². The molecule has 0 spiro atoms. The Balaban J connectivity index is 1.69. The second-order valence-electron chi connectivity index (χ2n) is 6.69.